The first-order valence-corrected chi connectivity index (χ1v) is 5.02. The number of para-hydroxylation sites is 1. The lowest BCUT2D eigenvalue weighted by Gasteiger charge is -2.04. The van der Waals surface area contributed by atoms with Crippen molar-refractivity contribution in [2.75, 3.05) is 13.7 Å². The van der Waals surface area contributed by atoms with Gasteiger partial charge in [-0.25, -0.2) is 9.59 Å². The molecule has 0 aliphatic heterocycles. The lowest BCUT2D eigenvalue weighted by molar-refractivity contribution is -0.144. The summed E-state index contributed by atoms with van der Waals surface area (Å²) < 4.78 is 9.21. The highest BCUT2D eigenvalue weighted by atomic mass is 16.6. The number of hydrogen-bond acceptors (Lipinski definition) is 4. The number of carbonyl (C=O) groups is 2. The highest BCUT2D eigenvalue weighted by Crippen LogP contribution is 2.17. The molecule has 0 saturated carbocycles. The number of rotatable bonds is 3. The fourth-order valence-electron chi connectivity index (χ4n) is 1.52. The van der Waals surface area contributed by atoms with E-state index >= 15 is 0 Å². The van der Waals surface area contributed by atoms with Crippen molar-refractivity contribution in [1.29, 1.82) is 0 Å². The van der Waals surface area contributed by atoms with Gasteiger partial charge in [0, 0.05) is 11.6 Å². The fraction of sp³-hybridized carbons (Fsp3) is 0.167. The summed E-state index contributed by atoms with van der Waals surface area (Å²) in [4.78, 5) is 25.5. The van der Waals surface area contributed by atoms with E-state index in [1.54, 1.807) is 18.3 Å². The van der Waals surface area contributed by atoms with E-state index in [1.807, 2.05) is 12.1 Å². The van der Waals surface area contributed by atoms with Crippen LogP contribution in [0.5, 0.6) is 0 Å². The molecule has 0 unspecified atom stereocenters. The second-order valence-electron chi connectivity index (χ2n) is 3.40. The minimum Gasteiger partial charge on any atom is -0.466 e. The van der Waals surface area contributed by atoms with E-state index in [0.717, 1.165) is 5.39 Å². The predicted octanol–water partition coefficient (Wildman–Crippen LogP) is 1.50. The zero-order chi connectivity index (χ0) is 12.3. The Labute approximate surface area is 97.3 Å². The summed E-state index contributed by atoms with van der Waals surface area (Å²) in [5.41, 5.74) is 1.10. The van der Waals surface area contributed by atoms with Crippen molar-refractivity contribution >= 4 is 22.8 Å². The van der Waals surface area contributed by atoms with Gasteiger partial charge in [0.05, 0.1) is 18.2 Å². The van der Waals surface area contributed by atoms with Gasteiger partial charge in [0.2, 0.25) is 0 Å². The number of H-pyrrole nitrogens is 1. The smallest absolute Gasteiger partial charge is 0.344 e. The second-order valence-corrected chi connectivity index (χ2v) is 3.40. The van der Waals surface area contributed by atoms with Crippen LogP contribution in [0.3, 0.4) is 0 Å². The van der Waals surface area contributed by atoms with Crippen LogP contribution in [0.15, 0.2) is 30.5 Å². The van der Waals surface area contributed by atoms with Crippen LogP contribution < -0.4 is 0 Å². The summed E-state index contributed by atoms with van der Waals surface area (Å²) in [6.45, 7) is -0.383. The molecule has 0 atom stereocenters. The average molecular weight is 233 g/mol. The number of nitrogens with one attached hydrogen (secondary N) is 1. The molecule has 0 spiro atoms. The fourth-order valence-corrected chi connectivity index (χ4v) is 1.52. The number of hydrogen-bond donors (Lipinski definition) is 1. The molecule has 88 valence electrons. The van der Waals surface area contributed by atoms with Gasteiger partial charge in [-0.1, -0.05) is 12.1 Å². The number of aromatic amines is 1. The van der Waals surface area contributed by atoms with Gasteiger partial charge < -0.3 is 14.5 Å². The Morgan fingerprint density at radius 3 is 2.88 bits per heavy atom. The highest BCUT2D eigenvalue weighted by Gasteiger charge is 2.13. The van der Waals surface area contributed by atoms with Gasteiger partial charge in [0.1, 0.15) is 0 Å². The van der Waals surface area contributed by atoms with Crippen molar-refractivity contribution in [3.8, 4) is 0 Å². The van der Waals surface area contributed by atoms with Crippen LogP contribution in [-0.4, -0.2) is 30.6 Å². The molecular weight excluding hydrogens is 222 g/mol. The van der Waals surface area contributed by atoms with E-state index in [9.17, 15) is 9.59 Å². The third-order valence-electron chi connectivity index (χ3n) is 2.36. The molecule has 1 N–H and O–H groups in total. The van der Waals surface area contributed by atoms with Crippen molar-refractivity contribution in [1.82, 2.24) is 4.98 Å². The number of esters is 2. The molecule has 2 aromatic rings. The maximum absolute atomic E-state index is 11.7. The number of aromatic nitrogens is 1. The normalized spacial score (nSPS) is 10.2. The summed E-state index contributed by atoms with van der Waals surface area (Å²) in [7, 11) is 1.24. The SMILES string of the molecule is COC(=O)COC(=O)c1cccc2cc[nH]c12. The summed E-state index contributed by atoms with van der Waals surface area (Å²) in [6.07, 6.45) is 1.74. The minimum absolute atomic E-state index is 0.383. The van der Waals surface area contributed by atoms with Gasteiger partial charge in [-0.3, -0.25) is 0 Å². The largest absolute Gasteiger partial charge is 0.466 e. The van der Waals surface area contributed by atoms with Crippen LogP contribution in [0, 0.1) is 0 Å². The van der Waals surface area contributed by atoms with E-state index in [4.69, 9.17) is 4.74 Å². The maximum atomic E-state index is 11.7. The van der Waals surface area contributed by atoms with Crippen molar-refractivity contribution in [2.45, 2.75) is 0 Å². The van der Waals surface area contributed by atoms with Gasteiger partial charge in [-0.05, 0) is 12.1 Å². The number of ether oxygens (including phenoxy) is 2. The molecule has 0 radical (unpaired) electrons. The van der Waals surface area contributed by atoms with Crippen LogP contribution in [-0.2, 0) is 14.3 Å². The van der Waals surface area contributed by atoms with E-state index in [1.165, 1.54) is 7.11 Å². The number of methoxy groups -OCH3 is 1. The Bertz CT molecular complexity index is 558. The van der Waals surface area contributed by atoms with E-state index < -0.39 is 11.9 Å². The minimum atomic E-state index is -0.586. The Morgan fingerprint density at radius 1 is 1.29 bits per heavy atom. The molecule has 0 bridgehead atoms. The number of benzene rings is 1. The molecule has 1 heterocycles. The molecule has 5 heteroatoms. The summed E-state index contributed by atoms with van der Waals surface area (Å²) in [6, 6.07) is 7.12. The van der Waals surface area contributed by atoms with E-state index in [2.05, 4.69) is 9.72 Å². The van der Waals surface area contributed by atoms with Crippen LogP contribution in [0.25, 0.3) is 10.9 Å². The third-order valence-corrected chi connectivity index (χ3v) is 2.36. The van der Waals surface area contributed by atoms with Crippen LogP contribution in [0.4, 0.5) is 0 Å². The topological polar surface area (TPSA) is 68.4 Å². The molecule has 5 nitrogen and oxygen atoms in total. The molecular formula is C12H11NO4. The second kappa shape index (κ2) is 4.69. The summed E-state index contributed by atoms with van der Waals surface area (Å²) >= 11 is 0. The average Bonchev–Trinajstić information content (AvgIpc) is 2.83. The zero-order valence-electron chi connectivity index (χ0n) is 9.23. The molecule has 17 heavy (non-hydrogen) atoms. The Kier molecular flexibility index (Phi) is 3.09. The number of fused-ring (bicyclic) bond motifs is 1. The van der Waals surface area contributed by atoms with Crippen LogP contribution in [0.1, 0.15) is 10.4 Å². The predicted molar refractivity (Wildman–Crippen MR) is 60.6 cm³/mol. The van der Waals surface area contributed by atoms with Crippen molar-refractivity contribution in [2.24, 2.45) is 0 Å². The lowest BCUT2D eigenvalue weighted by Crippen LogP contribution is -2.15. The van der Waals surface area contributed by atoms with Gasteiger partial charge in [0.25, 0.3) is 0 Å². The highest BCUT2D eigenvalue weighted by molar-refractivity contribution is 6.03. The lowest BCUT2D eigenvalue weighted by atomic mass is 10.1. The van der Waals surface area contributed by atoms with Gasteiger partial charge >= 0.3 is 11.9 Å². The Balaban J connectivity index is 2.19. The third kappa shape index (κ3) is 2.28. The van der Waals surface area contributed by atoms with Crippen molar-refractivity contribution in [3.05, 3.63) is 36.0 Å². The first kappa shape index (κ1) is 11.2. The molecule has 1 aromatic carbocycles. The standard InChI is InChI=1S/C12H11NO4/c1-16-10(14)7-17-12(15)9-4-2-3-8-5-6-13-11(8)9/h2-6,13H,7H2,1H3. The molecule has 0 aliphatic rings. The molecule has 0 fully saturated rings. The maximum Gasteiger partial charge on any atom is 0.344 e. The molecule has 0 saturated heterocycles. The Hall–Kier alpha value is -2.30. The van der Waals surface area contributed by atoms with Gasteiger partial charge in [0.15, 0.2) is 6.61 Å². The first-order valence-electron chi connectivity index (χ1n) is 5.02. The first-order chi connectivity index (χ1) is 8.22. The quantitative estimate of drug-likeness (QED) is 0.815. The van der Waals surface area contributed by atoms with Crippen molar-refractivity contribution < 1.29 is 19.1 Å². The number of carbonyl (C=O) groups excluding carboxylic acids is 2. The zero-order valence-corrected chi connectivity index (χ0v) is 9.23. The van der Waals surface area contributed by atoms with Crippen LogP contribution in [0.2, 0.25) is 0 Å². The van der Waals surface area contributed by atoms with Crippen molar-refractivity contribution in [3.63, 3.8) is 0 Å². The summed E-state index contributed by atoms with van der Waals surface area (Å²) in [5, 5.41) is 0.914. The monoisotopic (exact) mass is 233 g/mol. The molecule has 0 aliphatic carbocycles. The molecule has 0 amide bonds. The van der Waals surface area contributed by atoms with Crippen LogP contribution >= 0.6 is 0 Å². The molecule has 1 aromatic heterocycles. The van der Waals surface area contributed by atoms with E-state index in [0.29, 0.717) is 11.1 Å². The van der Waals surface area contributed by atoms with E-state index in [-0.39, 0.29) is 6.61 Å². The summed E-state index contributed by atoms with van der Waals surface area (Å²) in [5.74, 6) is -1.14. The molecule has 2 rings (SSSR count). The Morgan fingerprint density at radius 2 is 2.12 bits per heavy atom. The van der Waals surface area contributed by atoms with Gasteiger partial charge in [-0.15, -0.1) is 0 Å². The van der Waals surface area contributed by atoms with Gasteiger partial charge in [-0.2, -0.15) is 0 Å².